The van der Waals surface area contributed by atoms with Gasteiger partial charge in [0.2, 0.25) is 0 Å². The first-order valence-electron chi connectivity index (χ1n) is 10.2. The third-order valence-corrected chi connectivity index (χ3v) is 6.08. The molecule has 0 aliphatic heterocycles. The van der Waals surface area contributed by atoms with E-state index in [1.807, 2.05) is 22.8 Å². The Morgan fingerprint density at radius 1 is 1.18 bits per heavy atom. The van der Waals surface area contributed by atoms with Gasteiger partial charge in [0.25, 0.3) is 11.5 Å². The predicted octanol–water partition coefficient (Wildman–Crippen LogP) is 3.62. The normalized spacial score (nSPS) is 10.9. The molecule has 2 heterocycles. The lowest BCUT2D eigenvalue weighted by Gasteiger charge is -2.09. The molecule has 0 saturated carbocycles. The van der Waals surface area contributed by atoms with E-state index in [1.54, 1.807) is 36.4 Å². The third-order valence-electron chi connectivity index (χ3n) is 4.85. The summed E-state index contributed by atoms with van der Waals surface area (Å²) >= 11 is 7.29. The number of halogens is 1. The van der Waals surface area contributed by atoms with E-state index in [2.05, 4.69) is 32.1 Å². The summed E-state index contributed by atoms with van der Waals surface area (Å²) in [5.41, 5.74) is 1.03. The highest BCUT2D eigenvalue weighted by Crippen LogP contribution is 2.21. The molecule has 10 heteroatoms. The Kier molecular flexibility index (Phi) is 7.21. The summed E-state index contributed by atoms with van der Waals surface area (Å²) in [6, 6.07) is 13.9. The number of hydrogen-bond acceptors (Lipinski definition) is 6. The molecule has 0 aliphatic carbocycles. The molecule has 0 radical (unpaired) electrons. The van der Waals surface area contributed by atoms with Crippen LogP contribution in [0.25, 0.3) is 10.9 Å². The number of nitrogens with zero attached hydrogens (tertiary/aromatic N) is 4. The minimum atomic E-state index is -0.178. The molecule has 0 bridgehead atoms. The molecule has 168 valence electrons. The van der Waals surface area contributed by atoms with Gasteiger partial charge in [-0.25, -0.2) is 4.98 Å². The van der Waals surface area contributed by atoms with Crippen molar-refractivity contribution in [1.82, 2.24) is 30.0 Å². The van der Waals surface area contributed by atoms with Gasteiger partial charge in [-0.2, -0.15) is 0 Å². The topological polar surface area (TPSA) is 106 Å². The number of aromatic amines is 1. The summed E-state index contributed by atoms with van der Waals surface area (Å²) in [5.74, 6) is 1.55. The second kappa shape index (κ2) is 10.5. The number of para-hydroxylation sites is 1. The number of benzene rings is 2. The maximum atomic E-state index is 12.3. The first-order chi connectivity index (χ1) is 16.0. The second-order valence-electron chi connectivity index (χ2n) is 7.13. The summed E-state index contributed by atoms with van der Waals surface area (Å²) in [6.07, 6.45) is 2.27. The van der Waals surface area contributed by atoms with Gasteiger partial charge in [0.05, 0.1) is 16.7 Å². The van der Waals surface area contributed by atoms with Gasteiger partial charge in [-0.3, -0.25) is 9.59 Å². The molecule has 0 fully saturated rings. The van der Waals surface area contributed by atoms with Crippen molar-refractivity contribution in [3.8, 4) is 0 Å². The monoisotopic (exact) mass is 480 g/mol. The number of aromatic nitrogens is 5. The molecule has 33 heavy (non-hydrogen) atoms. The molecule has 4 rings (SSSR count). The van der Waals surface area contributed by atoms with Gasteiger partial charge >= 0.3 is 0 Å². The lowest BCUT2D eigenvalue weighted by atomic mass is 10.2. The minimum Gasteiger partial charge on any atom is -0.352 e. The molecular formula is C23H21ClN6O2S. The first-order valence-corrected chi connectivity index (χ1v) is 11.6. The average molecular weight is 481 g/mol. The molecule has 0 atom stereocenters. The Morgan fingerprint density at radius 3 is 2.76 bits per heavy atom. The van der Waals surface area contributed by atoms with Crippen molar-refractivity contribution in [2.75, 3.05) is 6.54 Å². The van der Waals surface area contributed by atoms with Crippen LogP contribution in [0.4, 0.5) is 0 Å². The third kappa shape index (κ3) is 5.50. The summed E-state index contributed by atoms with van der Waals surface area (Å²) in [6.45, 7) is 4.74. The molecule has 0 aliphatic rings. The molecular weight excluding hydrogens is 460 g/mol. The maximum absolute atomic E-state index is 12.3. The van der Waals surface area contributed by atoms with Crippen LogP contribution in [0.2, 0.25) is 5.02 Å². The number of carbonyl (C=O) groups excluding carboxylic acids is 1. The zero-order valence-electron chi connectivity index (χ0n) is 17.6. The van der Waals surface area contributed by atoms with E-state index in [1.165, 1.54) is 11.8 Å². The molecule has 2 N–H and O–H groups in total. The highest BCUT2D eigenvalue weighted by Gasteiger charge is 2.14. The van der Waals surface area contributed by atoms with Crippen molar-refractivity contribution < 1.29 is 4.79 Å². The van der Waals surface area contributed by atoms with Gasteiger partial charge in [0.1, 0.15) is 11.6 Å². The molecule has 4 aromatic rings. The van der Waals surface area contributed by atoms with E-state index in [-0.39, 0.29) is 11.5 Å². The molecule has 0 unspecified atom stereocenters. The van der Waals surface area contributed by atoms with Crippen LogP contribution < -0.4 is 10.9 Å². The number of nitrogens with one attached hydrogen (secondary N) is 2. The maximum Gasteiger partial charge on any atom is 0.258 e. The SMILES string of the molecule is C=CCn1c(CCNC(=O)c2ccc(Cl)cc2)nnc1SCc1nc2ccccc2c(=O)[nH]1. The van der Waals surface area contributed by atoms with Crippen molar-refractivity contribution in [3.05, 3.63) is 93.8 Å². The first kappa shape index (κ1) is 22.8. The van der Waals surface area contributed by atoms with Gasteiger partial charge in [-0.15, -0.1) is 16.8 Å². The second-order valence-corrected chi connectivity index (χ2v) is 8.51. The molecule has 8 nitrogen and oxygen atoms in total. The summed E-state index contributed by atoms with van der Waals surface area (Å²) < 4.78 is 1.94. The van der Waals surface area contributed by atoms with E-state index < -0.39 is 0 Å². The molecule has 1 amide bonds. The Balaban J connectivity index is 1.41. The van der Waals surface area contributed by atoms with E-state index >= 15 is 0 Å². The minimum absolute atomic E-state index is 0.166. The summed E-state index contributed by atoms with van der Waals surface area (Å²) in [5, 5.41) is 13.3. The number of rotatable bonds is 9. The zero-order chi connectivity index (χ0) is 23.2. The average Bonchev–Trinajstić information content (AvgIpc) is 3.20. The Hall–Kier alpha value is -3.43. The quantitative estimate of drug-likeness (QED) is 0.280. The van der Waals surface area contributed by atoms with Crippen LogP contribution in [0, 0.1) is 0 Å². The molecule has 2 aromatic carbocycles. The van der Waals surface area contributed by atoms with Gasteiger partial charge in [-0.05, 0) is 36.4 Å². The van der Waals surface area contributed by atoms with Crippen molar-refractivity contribution >= 4 is 40.2 Å². The number of hydrogen-bond donors (Lipinski definition) is 2. The van der Waals surface area contributed by atoms with Gasteiger partial charge in [0, 0.05) is 30.1 Å². The van der Waals surface area contributed by atoms with Crippen LogP contribution in [0.3, 0.4) is 0 Å². The van der Waals surface area contributed by atoms with E-state index in [0.717, 1.165) is 5.82 Å². The lowest BCUT2D eigenvalue weighted by Crippen LogP contribution is -2.26. The predicted molar refractivity (Wildman–Crippen MR) is 130 cm³/mol. The fraction of sp³-hybridized carbons (Fsp3) is 0.174. The zero-order valence-corrected chi connectivity index (χ0v) is 19.2. The van der Waals surface area contributed by atoms with Crippen molar-refractivity contribution in [2.24, 2.45) is 0 Å². The largest absolute Gasteiger partial charge is 0.352 e. The van der Waals surface area contributed by atoms with Crippen LogP contribution in [0.1, 0.15) is 22.0 Å². The molecule has 0 spiro atoms. The number of thioether (sulfide) groups is 1. The Morgan fingerprint density at radius 2 is 1.97 bits per heavy atom. The van der Waals surface area contributed by atoms with Crippen LogP contribution in [-0.4, -0.2) is 37.2 Å². The van der Waals surface area contributed by atoms with Crippen molar-refractivity contribution in [2.45, 2.75) is 23.9 Å². The molecule has 0 saturated heterocycles. The highest BCUT2D eigenvalue weighted by atomic mass is 35.5. The highest BCUT2D eigenvalue weighted by molar-refractivity contribution is 7.98. The standard InChI is InChI=1S/C23H21ClN6O2S/c1-2-13-30-20(11-12-25-21(31)15-7-9-16(24)10-8-15)28-29-23(30)33-14-19-26-18-6-4-3-5-17(18)22(32)27-19/h2-10H,1,11-14H2,(H,25,31)(H,26,27,32). The number of amides is 1. The summed E-state index contributed by atoms with van der Waals surface area (Å²) in [7, 11) is 0. The lowest BCUT2D eigenvalue weighted by molar-refractivity contribution is 0.0954. The Bertz CT molecular complexity index is 1350. The van der Waals surface area contributed by atoms with Crippen LogP contribution >= 0.6 is 23.4 Å². The van der Waals surface area contributed by atoms with Gasteiger partial charge in [0.15, 0.2) is 5.16 Å². The van der Waals surface area contributed by atoms with Crippen molar-refractivity contribution in [3.63, 3.8) is 0 Å². The van der Waals surface area contributed by atoms with Gasteiger partial charge in [-0.1, -0.05) is 41.6 Å². The van der Waals surface area contributed by atoms with Crippen LogP contribution in [-0.2, 0) is 18.7 Å². The number of fused-ring (bicyclic) bond motifs is 1. The fourth-order valence-electron chi connectivity index (χ4n) is 3.25. The Labute approximate surface area is 199 Å². The smallest absolute Gasteiger partial charge is 0.258 e. The number of carbonyl (C=O) groups is 1. The van der Waals surface area contributed by atoms with Crippen LogP contribution in [0.5, 0.6) is 0 Å². The van der Waals surface area contributed by atoms with Crippen LogP contribution in [0.15, 0.2) is 71.1 Å². The van der Waals surface area contributed by atoms with E-state index in [9.17, 15) is 9.59 Å². The molecule has 2 aromatic heterocycles. The van der Waals surface area contributed by atoms with E-state index in [4.69, 9.17) is 11.6 Å². The number of allylic oxidation sites excluding steroid dienone is 1. The van der Waals surface area contributed by atoms with Gasteiger partial charge < -0.3 is 14.9 Å². The number of H-pyrrole nitrogens is 1. The fourth-order valence-corrected chi connectivity index (χ4v) is 4.21. The van der Waals surface area contributed by atoms with E-state index in [0.29, 0.717) is 57.7 Å². The summed E-state index contributed by atoms with van der Waals surface area (Å²) in [4.78, 5) is 31.9. The van der Waals surface area contributed by atoms with Crippen molar-refractivity contribution in [1.29, 1.82) is 0 Å².